The zero-order chi connectivity index (χ0) is 19.6. The molecule has 1 aliphatic heterocycles. The predicted molar refractivity (Wildman–Crippen MR) is 124 cm³/mol. The Kier molecular flexibility index (Phi) is 10.4. The van der Waals surface area contributed by atoms with E-state index in [-0.39, 0.29) is 24.0 Å². The van der Waals surface area contributed by atoms with Gasteiger partial charge in [-0.25, -0.2) is 9.67 Å². The van der Waals surface area contributed by atoms with Crippen LogP contribution in [0.1, 0.15) is 24.8 Å². The Balaban J connectivity index is 0.00000300. The van der Waals surface area contributed by atoms with E-state index in [9.17, 15) is 0 Å². The predicted octanol–water partition coefficient (Wildman–Crippen LogP) is 2.48. The molecule has 1 aromatic heterocycles. The lowest BCUT2D eigenvalue weighted by molar-refractivity contribution is 0.00989. The number of nitrogens with zero attached hydrogens (tertiary/aromatic N) is 5. The number of likely N-dealkylation sites (tertiary alicyclic amines) is 1. The monoisotopic (exact) mass is 514 g/mol. The minimum atomic E-state index is 0. The first-order chi connectivity index (χ1) is 13.8. The molecule has 1 aromatic carbocycles. The van der Waals surface area contributed by atoms with Crippen LogP contribution in [0.5, 0.6) is 0 Å². The lowest BCUT2D eigenvalue weighted by Crippen LogP contribution is -2.46. The van der Waals surface area contributed by atoms with Gasteiger partial charge in [-0.3, -0.25) is 4.99 Å². The van der Waals surface area contributed by atoms with E-state index in [0.29, 0.717) is 6.10 Å². The molecule has 0 aliphatic carbocycles. The molecule has 0 atom stereocenters. The summed E-state index contributed by atoms with van der Waals surface area (Å²) in [5.74, 6) is 0.943. The number of piperidine rings is 1. The van der Waals surface area contributed by atoms with Crippen LogP contribution in [0.4, 0.5) is 0 Å². The zero-order valence-electron chi connectivity index (χ0n) is 17.2. The van der Waals surface area contributed by atoms with Gasteiger partial charge < -0.3 is 19.7 Å². The average molecular weight is 514 g/mol. The summed E-state index contributed by atoms with van der Waals surface area (Å²) >= 11 is 0. The molecule has 1 N–H and O–H groups in total. The Bertz CT molecular complexity index is 715. The quantitative estimate of drug-likeness (QED) is 0.253. The second kappa shape index (κ2) is 12.8. The number of methoxy groups -OCH3 is 1. The molecule has 29 heavy (non-hydrogen) atoms. The van der Waals surface area contributed by atoms with E-state index in [0.717, 1.165) is 63.8 Å². The van der Waals surface area contributed by atoms with Crippen molar-refractivity contribution < 1.29 is 9.47 Å². The molecule has 0 unspecified atom stereocenters. The number of rotatable bonds is 8. The van der Waals surface area contributed by atoms with Gasteiger partial charge in [0.1, 0.15) is 12.7 Å². The number of aliphatic imine (C=N–C) groups is 1. The van der Waals surface area contributed by atoms with Crippen LogP contribution >= 0.6 is 24.0 Å². The molecule has 0 amide bonds. The molecule has 0 saturated carbocycles. The molecule has 160 valence electrons. The van der Waals surface area contributed by atoms with Gasteiger partial charge in [0.05, 0.1) is 11.8 Å². The third-order valence-electron chi connectivity index (χ3n) is 4.87. The first-order valence-corrected chi connectivity index (χ1v) is 9.80. The third-order valence-corrected chi connectivity index (χ3v) is 4.87. The molecule has 3 rings (SSSR count). The fourth-order valence-electron chi connectivity index (χ4n) is 3.31. The molecule has 2 aromatic rings. The summed E-state index contributed by atoms with van der Waals surface area (Å²) in [6.45, 7) is 4.18. The van der Waals surface area contributed by atoms with Crippen molar-refractivity contribution in [1.29, 1.82) is 0 Å². The number of halogens is 1. The Labute approximate surface area is 189 Å². The van der Waals surface area contributed by atoms with Crippen molar-refractivity contribution in [2.75, 3.05) is 40.5 Å². The van der Waals surface area contributed by atoms with Crippen LogP contribution in [0, 0.1) is 0 Å². The van der Waals surface area contributed by atoms with Crippen LogP contribution in [-0.2, 0) is 16.0 Å². The third kappa shape index (κ3) is 7.23. The molecular formula is C20H31IN6O2. The molecule has 0 bridgehead atoms. The Morgan fingerprint density at radius 3 is 2.59 bits per heavy atom. The number of guanidine groups is 1. The maximum Gasteiger partial charge on any atom is 0.193 e. The van der Waals surface area contributed by atoms with Gasteiger partial charge in [-0.05, 0) is 37.0 Å². The summed E-state index contributed by atoms with van der Waals surface area (Å²) in [5, 5.41) is 7.61. The molecule has 9 heteroatoms. The minimum absolute atomic E-state index is 0. The molecule has 1 aliphatic rings. The Hall–Kier alpha value is -1.72. The zero-order valence-corrected chi connectivity index (χ0v) is 19.5. The van der Waals surface area contributed by atoms with Crippen LogP contribution in [0.15, 0.2) is 41.9 Å². The second-order valence-electron chi connectivity index (χ2n) is 6.81. The van der Waals surface area contributed by atoms with Crippen molar-refractivity contribution in [2.45, 2.75) is 31.9 Å². The molecule has 1 saturated heterocycles. The van der Waals surface area contributed by atoms with Crippen molar-refractivity contribution in [3.05, 3.63) is 42.5 Å². The summed E-state index contributed by atoms with van der Waals surface area (Å²) in [4.78, 5) is 10.7. The SMILES string of the molecule is CN=C(NCc1ccc(-n2cncn2)cc1)N1CCC(OCCCOC)CC1.I. The van der Waals surface area contributed by atoms with E-state index in [1.54, 1.807) is 18.1 Å². The summed E-state index contributed by atoms with van der Waals surface area (Å²) in [6, 6.07) is 8.27. The highest BCUT2D eigenvalue weighted by atomic mass is 127. The Morgan fingerprint density at radius 2 is 1.97 bits per heavy atom. The number of ether oxygens (including phenoxy) is 2. The second-order valence-corrected chi connectivity index (χ2v) is 6.81. The van der Waals surface area contributed by atoms with Crippen LogP contribution in [0.3, 0.4) is 0 Å². The first kappa shape index (κ1) is 23.6. The molecule has 2 heterocycles. The topological polar surface area (TPSA) is 76.8 Å². The fraction of sp³-hybridized carbons (Fsp3) is 0.550. The van der Waals surface area contributed by atoms with Crippen molar-refractivity contribution >= 4 is 29.9 Å². The van der Waals surface area contributed by atoms with Gasteiger partial charge in [0.2, 0.25) is 0 Å². The van der Waals surface area contributed by atoms with E-state index in [1.807, 2.05) is 19.2 Å². The maximum absolute atomic E-state index is 5.94. The first-order valence-electron chi connectivity index (χ1n) is 9.80. The van der Waals surface area contributed by atoms with E-state index in [2.05, 4.69) is 37.4 Å². The van der Waals surface area contributed by atoms with Gasteiger partial charge in [-0.2, -0.15) is 5.10 Å². The average Bonchev–Trinajstić information content (AvgIpc) is 3.28. The van der Waals surface area contributed by atoms with Crippen LogP contribution in [0.25, 0.3) is 5.69 Å². The minimum Gasteiger partial charge on any atom is -0.385 e. The lowest BCUT2D eigenvalue weighted by atomic mass is 10.1. The normalized spacial score (nSPS) is 15.2. The highest BCUT2D eigenvalue weighted by molar-refractivity contribution is 14.0. The molecule has 1 fully saturated rings. The van der Waals surface area contributed by atoms with E-state index in [4.69, 9.17) is 9.47 Å². The van der Waals surface area contributed by atoms with E-state index >= 15 is 0 Å². The number of hydrogen-bond donors (Lipinski definition) is 1. The Morgan fingerprint density at radius 1 is 1.21 bits per heavy atom. The maximum atomic E-state index is 5.94. The summed E-state index contributed by atoms with van der Waals surface area (Å²) in [6.07, 6.45) is 6.58. The van der Waals surface area contributed by atoms with Gasteiger partial charge in [0.25, 0.3) is 0 Å². The number of nitrogens with one attached hydrogen (secondary N) is 1. The number of aromatic nitrogens is 3. The van der Waals surface area contributed by atoms with Gasteiger partial charge in [0.15, 0.2) is 5.96 Å². The van der Waals surface area contributed by atoms with Crippen LogP contribution < -0.4 is 5.32 Å². The summed E-state index contributed by atoms with van der Waals surface area (Å²) < 4.78 is 12.8. The molecule has 0 radical (unpaired) electrons. The fourth-order valence-corrected chi connectivity index (χ4v) is 3.31. The van der Waals surface area contributed by atoms with Gasteiger partial charge in [0, 0.05) is 47.0 Å². The number of hydrogen-bond acceptors (Lipinski definition) is 5. The highest BCUT2D eigenvalue weighted by Crippen LogP contribution is 2.14. The van der Waals surface area contributed by atoms with Gasteiger partial charge in [-0.1, -0.05) is 12.1 Å². The molecule has 0 spiro atoms. The van der Waals surface area contributed by atoms with Crippen LogP contribution in [0.2, 0.25) is 0 Å². The summed E-state index contributed by atoms with van der Waals surface area (Å²) in [7, 11) is 3.56. The van der Waals surface area contributed by atoms with Gasteiger partial charge in [-0.15, -0.1) is 24.0 Å². The smallest absolute Gasteiger partial charge is 0.193 e. The summed E-state index contributed by atoms with van der Waals surface area (Å²) in [5.41, 5.74) is 2.19. The van der Waals surface area contributed by atoms with Crippen molar-refractivity contribution in [3.63, 3.8) is 0 Å². The van der Waals surface area contributed by atoms with Crippen molar-refractivity contribution in [1.82, 2.24) is 25.0 Å². The largest absolute Gasteiger partial charge is 0.385 e. The molecule has 8 nitrogen and oxygen atoms in total. The number of benzene rings is 1. The van der Waals surface area contributed by atoms with E-state index in [1.165, 1.54) is 11.9 Å². The molecular weight excluding hydrogens is 483 g/mol. The standard InChI is InChI=1S/C20H30N6O2.HI/c1-21-20(25-10-8-19(9-11-25)28-13-3-12-27-2)23-14-17-4-6-18(7-5-17)26-16-22-15-24-26;/h4-7,15-16,19H,3,8-14H2,1-2H3,(H,21,23);1H. The van der Waals surface area contributed by atoms with E-state index < -0.39 is 0 Å². The van der Waals surface area contributed by atoms with Crippen molar-refractivity contribution in [3.8, 4) is 5.69 Å². The van der Waals surface area contributed by atoms with Crippen molar-refractivity contribution in [2.24, 2.45) is 4.99 Å². The lowest BCUT2D eigenvalue weighted by Gasteiger charge is -2.34. The van der Waals surface area contributed by atoms with Crippen LogP contribution in [-0.4, -0.2) is 72.2 Å². The van der Waals surface area contributed by atoms with Gasteiger partial charge >= 0.3 is 0 Å². The highest BCUT2D eigenvalue weighted by Gasteiger charge is 2.21.